The van der Waals surface area contributed by atoms with E-state index in [1.165, 1.54) is 0 Å². The topological polar surface area (TPSA) is 66.8 Å². The summed E-state index contributed by atoms with van der Waals surface area (Å²) in [5, 5.41) is 17.4. The lowest BCUT2D eigenvalue weighted by Crippen LogP contribution is -2.06. The SMILES string of the molecule is CC(O)OCc1ccc(CC(=O)O)cc1. The molecule has 15 heavy (non-hydrogen) atoms. The van der Waals surface area contributed by atoms with E-state index in [9.17, 15) is 4.79 Å². The number of carbonyl (C=O) groups is 1. The third-order valence-corrected chi connectivity index (χ3v) is 1.87. The fourth-order valence-corrected chi connectivity index (χ4v) is 1.14. The van der Waals surface area contributed by atoms with Crippen molar-refractivity contribution in [1.82, 2.24) is 0 Å². The smallest absolute Gasteiger partial charge is 0.307 e. The monoisotopic (exact) mass is 210 g/mol. The van der Waals surface area contributed by atoms with Crippen molar-refractivity contribution < 1.29 is 19.7 Å². The van der Waals surface area contributed by atoms with Crippen molar-refractivity contribution in [3.05, 3.63) is 35.4 Å². The second kappa shape index (κ2) is 5.48. The summed E-state index contributed by atoms with van der Waals surface area (Å²) in [5.74, 6) is -0.844. The highest BCUT2D eigenvalue weighted by molar-refractivity contribution is 5.70. The standard InChI is InChI=1S/C11H14O4/c1-8(12)15-7-10-4-2-9(3-5-10)6-11(13)14/h2-5,8,12H,6-7H2,1H3,(H,13,14). The highest BCUT2D eigenvalue weighted by atomic mass is 16.6. The Hall–Kier alpha value is -1.39. The first-order valence-electron chi connectivity index (χ1n) is 4.67. The molecule has 1 unspecified atom stereocenters. The number of ether oxygens (including phenoxy) is 1. The lowest BCUT2D eigenvalue weighted by Gasteiger charge is -2.06. The molecule has 82 valence electrons. The van der Waals surface area contributed by atoms with Crippen molar-refractivity contribution in [2.45, 2.75) is 26.2 Å². The average Bonchev–Trinajstić information content (AvgIpc) is 2.16. The van der Waals surface area contributed by atoms with E-state index in [1.54, 1.807) is 31.2 Å². The molecule has 4 heteroatoms. The molecule has 0 fully saturated rings. The van der Waals surface area contributed by atoms with E-state index in [1.807, 2.05) is 0 Å². The summed E-state index contributed by atoms with van der Waals surface area (Å²) < 4.78 is 4.99. The minimum absolute atomic E-state index is 0.0253. The summed E-state index contributed by atoms with van der Waals surface area (Å²) in [7, 11) is 0. The lowest BCUT2D eigenvalue weighted by molar-refractivity contribution is -0.136. The van der Waals surface area contributed by atoms with Crippen molar-refractivity contribution in [1.29, 1.82) is 0 Å². The molecule has 0 bridgehead atoms. The highest BCUT2D eigenvalue weighted by Gasteiger charge is 2.01. The van der Waals surface area contributed by atoms with Crippen molar-refractivity contribution >= 4 is 5.97 Å². The normalized spacial score (nSPS) is 12.4. The Labute approximate surface area is 88.1 Å². The fraction of sp³-hybridized carbons (Fsp3) is 0.364. The molecule has 4 nitrogen and oxygen atoms in total. The molecule has 1 aromatic carbocycles. The molecular weight excluding hydrogens is 196 g/mol. The van der Waals surface area contributed by atoms with E-state index >= 15 is 0 Å². The Morgan fingerprint density at radius 2 is 1.87 bits per heavy atom. The van der Waals surface area contributed by atoms with Crippen molar-refractivity contribution in [2.75, 3.05) is 0 Å². The Morgan fingerprint density at radius 3 is 2.33 bits per heavy atom. The van der Waals surface area contributed by atoms with Gasteiger partial charge in [0.2, 0.25) is 0 Å². The van der Waals surface area contributed by atoms with Crippen LogP contribution in [0.3, 0.4) is 0 Å². The molecule has 2 N–H and O–H groups in total. The van der Waals surface area contributed by atoms with E-state index < -0.39 is 12.3 Å². The lowest BCUT2D eigenvalue weighted by atomic mass is 10.1. The summed E-state index contributed by atoms with van der Waals surface area (Å²) in [6.45, 7) is 1.86. The second-order valence-electron chi connectivity index (χ2n) is 3.30. The summed E-state index contributed by atoms with van der Waals surface area (Å²) >= 11 is 0. The minimum Gasteiger partial charge on any atom is -0.481 e. The number of aliphatic hydroxyl groups excluding tert-OH is 1. The van der Waals surface area contributed by atoms with Crippen LogP contribution in [0.25, 0.3) is 0 Å². The second-order valence-corrected chi connectivity index (χ2v) is 3.30. The molecular formula is C11H14O4. The average molecular weight is 210 g/mol. The molecule has 0 amide bonds. The van der Waals surface area contributed by atoms with Crippen LogP contribution in [0.15, 0.2) is 24.3 Å². The predicted octanol–water partition coefficient (Wildman–Crippen LogP) is 1.17. The van der Waals surface area contributed by atoms with Crippen LogP contribution in [-0.4, -0.2) is 22.5 Å². The Morgan fingerprint density at radius 1 is 1.33 bits per heavy atom. The zero-order valence-electron chi connectivity index (χ0n) is 8.51. The molecule has 0 aliphatic rings. The summed E-state index contributed by atoms with van der Waals surface area (Å²) in [5.41, 5.74) is 1.66. The largest absolute Gasteiger partial charge is 0.481 e. The van der Waals surface area contributed by atoms with Gasteiger partial charge in [-0.25, -0.2) is 0 Å². The van der Waals surface area contributed by atoms with Gasteiger partial charge >= 0.3 is 5.97 Å². The van der Waals surface area contributed by atoms with Crippen LogP contribution in [0.5, 0.6) is 0 Å². The van der Waals surface area contributed by atoms with Crippen LogP contribution in [-0.2, 0) is 22.6 Å². The molecule has 0 spiro atoms. The van der Waals surface area contributed by atoms with Gasteiger partial charge in [0.25, 0.3) is 0 Å². The number of carboxylic acid groups (broad SMARTS) is 1. The highest BCUT2D eigenvalue weighted by Crippen LogP contribution is 2.07. The number of rotatable bonds is 5. The Bertz CT molecular complexity index is 316. The van der Waals surface area contributed by atoms with Gasteiger partial charge in [-0.1, -0.05) is 24.3 Å². The maximum Gasteiger partial charge on any atom is 0.307 e. The van der Waals surface area contributed by atoms with Gasteiger partial charge in [-0.05, 0) is 18.1 Å². The van der Waals surface area contributed by atoms with Gasteiger partial charge in [0, 0.05) is 0 Å². The van der Waals surface area contributed by atoms with E-state index in [2.05, 4.69) is 0 Å². The quantitative estimate of drug-likeness (QED) is 0.716. The molecule has 0 heterocycles. The maximum atomic E-state index is 10.4. The van der Waals surface area contributed by atoms with Gasteiger partial charge in [-0.2, -0.15) is 0 Å². The van der Waals surface area contributed by atoms with Crippen LogP contribution in [0.2, 0.25) is 0 Å². The van der Waals surface area contributed by atoms with E-state index in [0.717, 1.165) is 11.1 Å². The molecule has 1 aromatic rings. The van der Waals surface area contributed by atoms with E-state index in [0.29, 0.717) is 6.61 Å². The number of hydrogen-bond acceptors (Lipinski definition) is 3. The van der Waals surface area contributed by atoms with Gasteiger partial charge in [0.05, 0.1) is 13.0 Å². The summed E-state index contributed by atoms with van der Waals surface area (Å²) in [4.78, 5) is 10.4. The molecule has 0 radical (unpaired) electrons. The maximum absolute atomic E-state index is 10.4. The van der Waals surface area contributed by atoms with Crippen LogP contribution in [0.4, 0.5) is 0 Å². The van der Waals surface area contributed by atoms with E-state index in [4.69, 9.17) is 14.9 Å². The summed E-state index contributed by atoms with van der Waals surface area (Å²) in [6.07, 6.45) is -0.763. The number of benzene rings is 1. The number of aliphatic carboxylic acids is 1. The molecule has 0 saturated heterocycles. The minimum atomic E-state index is -0.844. The first kappa shape index (κ1) is 11.7. The van der Waals surface area contributed by atoms with Gasteiger partial charge in [0.1, 0.15) is 0 Å². The van der Waals surface area contributed by atoms with Gasteiger partial charge in [0.15, 0.2) is 6.29 Å². The molecule has 0 saturated carbocycles. The Balaban J connectivity index is 2.52. The third kappa shape index (κ3) is 4.58. The van der Waals surface area contributed by atoms with Crippen LogP contribution >= 0.6 is 0 Å². The molecule has 1 atom stereocenters. The molecule has 0 aromatic heterocycles. The zero-order valence-corrected chi connectivity index (χ0v) is 8.51. The number of carboxylic acids is 1. The Kier molecular flexibility index (Phi) is 4.27. The van der Waals surface area contributed by atoms with Gasteiger partial charge in [-0.3, -0.25) is 4.79 Å². The van der Waals surface area contributed by atoms with Crippen LogP contribution in [0, 0.1) is 0 Å². The first-order valence-corrected chi connectivity index (χ1v) is 4.67. The fourth-order valence-electron chi connectivity index (χ4n) is 1.14. The first-order chi connectivity index (χ1) is 7.08. The van der Waals surface area contributed by atoms with Gasteiger partial charge in [-0.15, -0.1) is 0 Å². The molecule has 0 aliphatic heterocycles. The van der Waals surface area contributed by atoms with Crippen molar-refractivity contribution in [3.63, 3.8) is 0 Å². The van der Waals surface area contributed by atoms with Gasteiger partial charge < -0.3 is 14.9 Å². The van der Waals surface area contributed by atoms with Crippen LogP contribution < -0.4 is 0 Å². The predicted molar refractivity (Wildman–Crippen MR) is 54.3 cm³/mol. The number of hydrogen-bond donors (Lipinski definition) is 2. The third-order valence-electron chi connectivity index (χ3n) is 1.87. The zero-order chi connectivity index (χ0) is 11.3. The number of aliphatic hydroxyl groups is 1. The van der Waals surface area contributed by atoms with E-state index in [-0.39, 0.29) is 6.42 Å². The van der Waals surface area contributed by atoms with Crippen molar-refractivity contribution in [2.24, 2.45) is 0 Å². The molecule has 1 rings (SSSR count). The molecule has 0 aliphatic carbocycles. The van der Waals surface area contributed by atoms with Crippen LogP contribution in [0.1, 0.15) is 18.1 Å². The summed E-state index contributed by atoms with van der Waals surface area (Å²) in [6, 6.07) is 7.07. The van der Waals surface area contributed by atoms with Crippen molar-refractivity contribution in [3.8, 4) is 0 Å².